The number of tetrazole rings is 1. The average Bonchev–Trinajstić information content (AvgIpc) is 2.89. The molecule has 0 aliphatic carbocycles. The summed E-state index contributed by atoms with van der Waals surface area (Å²) in [5.74, 6) is -0.453. The number of carbonyl (C=O) groups is 1. The van der Waals surface area contributed by atoms with Crippen LogP contribution in [0.4, 0.5) is 0 Å². The molecule has 2 heterocycles. The van der Waals surface area contributed by atoms with E-state index in [9.17, 15) is 4.79 Å². The first-order valence-electron chi connectivity index (χ1n) is 5.12. The molecule has 0 saturated heterocycles. The van der Waals surface area contributed by atoms with Crippen molar-refractivity contribution in [2.24, 2.45) is 7.05 Å². The van der Waals surface area contributed by atoms with Crippen molar-refractivity contribution >= 4 is 5.97 Å². The van der Waals surface area contributed by atoms with Crippen molar-refractivity contribution in [3.05, 3.63) is 23.8 Å². The van der Waals surface area contributed by atoms with Crippen molar-refractivity contribution in [1.29, 1.82) is 0 Å². The highest BCUT2D eigenvalue weighted by Crippen LogP contribution is 2.01. The van der Waals surface area contributed by atoms with Gasteiger partial charge in [0.15, 0.2) is 0 Å². The second-order valence-corrected chi connectivity index (χ2v) is 3.36. The summed E-state index contributed by atoms with van der Waals surface area (Å²) in [7, 11) is 1.81. The summed E-state index contributed by atoms with van der Waals surface area (Å²) in [6.45, 7) is 2.35. The van der Waals surface area contributed by atoms with Gasteiger partial charge in [-0.1, -0.05) is 0 Å². The number of nitrogens with zero attached hydrogens (tertiary/aromatic N) is 6. The number of aryl methyl sites for hydroxylation is 1. The van der Waals surface area contributed by atoms with E-state index in [4.69, 9.17) is 4.74 Å². The monoisotopic (exact) mass is 236 g/mol. The van der Waals surface area contributed by atoms with Crippen LogP contribution in [0.25, 0.3) is 0 Å². The van der Waals surface area contributed by atoms with Crippen LogP contribution in [0.5, 0.6) is 0 Å². The lowest BCUT2D eigenvalue weighted by Gasteiger charge is -2.01. The van der Waals surface area contributed by atoms with Crippen molar-refractivity contribution in [1.82, 2.24) is 30.0 Å². The predicted octanol–water partition coefficient (Wildman–Crippen LogP) is -0.368. The van der Waals surface area contributed by atoms with E-state index in [0.717, 1.165) is 5.69 Å². The molecule has 0 N–H and O–H groups in total. The van der Waals surface area contributed by atoms with Crippen LogP contribution in [0.15, 0.2) is 12.3 Å². The van der Waals surface area contributed by atoms with Crippen LogP contribution < -0.4 is 0 Å². The Labute approximate surface area is 97.2 Å². The predicted molar refractivity (Wildman–Crippen MR) is 56.1 cm³/mol. The molecule has 0 aromatic carbocycles. The van der Waals surface area contributed by atoms with Gasteiger partial charge in [-0.3, -0.25) is 4.68 Å². The third-order valence-corrected chi connectivity index (χ3v) is 2.07. The molecule has 2 rings (SSSR count). The van der Waals surface area contributed by atoms with E-state index >= 15 is 0 Å². The third kappa shape index (κ3) is 2.47. The molecule has 8 nitrogen and oxygen atoms in total. The first-order chi connectivity index (χ1) is 8.20. The van der Waals surface area contributed by atoms with Crippen LogP contribution in [-0.4, -0.2) is 42.6 Å². The third-order valence-electron chi connectivity index (χ3n) is 2.07. The van der Waals surface area contributed by atoms with Gasteiger partial charge in [0.1, 0.15) is 0 Å². The van der Waals surface area contributed by atoms with E-state index in [-0.39, 0.29) is 12.4 Å². The molecule has 17 heavy (non-hydrogen) atoms. The minimum atomic E-state index is -0.534. The van der Waals surface area contributed by atoms with E-state index in [0.29, 0.717) is 6.54 Å². The molecular formula is C9H12N6O2. The summed E-state index contributed by atoms with van der Waals surface area (Å²) >= 11 is 0. The second kappa shape index (κ2) is 4.73. The minimum Gasteiger partial charge on any atom is -0.460 e. The molecule has 0 amide bonds. The fraction of sp³-hybridized carbons (Fsp3) is 0.444. The lowest BCUT2D eigenvalue weighted by atomic mass is 10.4. The first-order valence-corrected chi connectivity index (χ1v) is 5.12. The summed E-state index contributed by atoms with van der Waals surface area (Å²) < 4.78 is 7.87. The fourth-order valence-electron chi connectivity index (χ4n) is 1.35. The van der Waals surface area contributed by atoms with E-state index in [1.807, 2.05) is 19.3 Å². The van der Waals surface area contributed by atoms with Gasteiger partial charge >= 0.3 is 5.97 Å². The zero-order valence-corrected chi connectivity index (χ0v) is 9.57. The molecule has 0 unspecified atom stereocenters. The Kier molecular flexibility index (Phi) is 3.12. The van der Waals surface area contributed by atoms with Crippen molar-refractivity contribution in [3.63, 3.8) is 0 Å². The van der Waals surface area contributed by atoms with Gasteiger partial charge < -0.3 is 4.74 Å². The molecule has 0 atom stereocenters. The number of hydrogen-bond donors (Lipinski definition) is 0. The highest BCUT2D eigenvalue weighted by molar-refractivity contribution is 5.85. The Morgan fingerprint density at radius 2 is 2.35 bits per heavy atom. The van der Waals surface area contributed by atoms with Gasteiger partial charge in [-0.05, 0) is 23.4 Å². The number of aromatic nitrogens is 6. The van der Waals surface area contributed by atoms with Gasteiger partial charge in [0.25, 0.3) is 5.82 Å². The SMILES string of the molecule is CCOC(=O)c1nnnn1Cc1ccn(C)n1. The smallest absolute Gasteiger partial charge is 0.378 e. The number of carbonyl (C=O) groups excluding carboxylic acids is 1. The molecule has 0 radical (unpaired) electrons. The van der Waals surface area contributed by atoms with Crippen LogP contribution in [0.3, 0.4) is 0 Å². The molecule has 8 heteroatoms. The number of ether oxygens (including phenoxy) is 1. The Hall–Kier alpha value is -2.25. The lowest BCUT2D eigenvalue weighted by molar-refractivity contribution is 0.0505. The van der Waals surface area contributed by atoms with E-state index in [1.165, 1.54) is 4.68 Å². The highest BCUT2D eigenvalue weighted by Gasteiger charge is 2.17. The normalized spacial score (nSPS) is 10.5. The molecule has 2 aromatic rings. The summed E-state index contributed by atoms with van der Waals surface area (Å²) in [4.78, 5) is 11.5. The van der Waals surface area contributed by atoms with Gasteiger partial charge in [0, 0.05) is 13.2 Å². The number of esters is 1. The summed E-state index contributed by atoms with van der Waals surface area (Å²) in [5.41, 5.74) is 0.769. The Morgan fingerprint density at radius 1 is 1.53 bits per heavy atom. The van der Waals surface area contributed by atoms with Crippen LogP contribution in [0.1, 0.15) is 23.2 Å². The molecular weight excluding hydrogens is 224 g/mol. The van der Waals surface area contributed by atoms with Crippen molar-refractivity contribution in [2.45, 2.75) is 13.5 Å². The summed E-state index contributed by atoms with van der Waals surface area (Å²) in [5, 5.41) is 15.0. The Bertz CT molecular complexity index is 517. The zero-order chi connectivity index (χ0) is 12.3. The maximum Gasteiger partial charge on any atom is 0.378 e. The molecule has 0 aliphatic heterocycles. The molecule has 90 valence electrons. The van der Waals surface area contributed by atoms with E-state index in [1.54, 1.807) is 11.6 Å². The fourth-order valence-corrected chi connectivity index (χ4v) is 1.35. The molecule has 0 aliphatic rings. The average molecular weight is 236 g/mol. The van der Waals surface area contributed by atoms with E-state index in [2.05, 4.69) is 20.6 Å². The van der Waals surface area contributed by atoms with Crippen LogP contribution in [0.2, 0.25) is 0 Å². The van der Waals surface area contributed by atoms with Crippen molar-refractivity contribution < 1.29 is 9.53 Å². The number of rotatable bonds is 4. The number of hydrogen-bond acceptors (Lipinski definition) is 6. The van der Waals surface area contributed by atoms with Gasteiger partial charge in [0.2, 0.25) is 0 Å². The standard InChI is InChI=1S/C9H12N6O2/c1-3-17-9(16)8-10-12-13-15(8)6-7-4-5-14(2)11-7/h4-5H,3,6H2,1-2H3. The van der Waals surface area contributed by atoms with E-state index < -0.39 is 5.97 Å². The topological polar surface area (TPSA) is 87.7 Å². The first kappa shape index (κ1) is 11.2. The molecule has 2 aromatic heterocycles. The quantitative estimate of drug-likeness (QED) is 0.673. The Balaban J connectivity index is 2.16. The van der Waals surface area contributed by atoms with Gasteiger partial charge in [-0.25, -0.2) is 9.48 Å². The Morgan fingerprint density at radius 3 is 3.00 bits per heavy atom. The molecule has 0 saturated carbocycles. The van der Waals surface area contributed by atoms with Crippen LogP contribution in [0, 0.1) is 0 Å². The van der Waals surface area contributed by atoms with Crippen molar-refractivity contribution in [2.75, 3.05) is 6.61 Å². The maximum absolute atomic E-state index is 11.5. The van der Waals surface area contributed by atoms with Gasteiger partial charge in [-0.15, -0.1) is 5.10 Å². The lowest BCUT2D eigenvalue weighted by Crippen LogP contribution is -2.15. The van der Waals surface area contributed by atoms with Crippen molar-refractivity contribution in [3.8, 4) is 0 Å². The maximum atomic E-state index is 11.5. The summed E-state index contributed by atoms with van der Waals surface area (Å²) in [6, 6.07) is 1.83. The highest BCUT2D eigenvalue weighted by atomic mass is 16.5. The molecule has 0 bridgehead atoms. The van der Waals surface area contributed by atoms with Gasteiger partial charge in [-0.2, -0.15) is 5.10 Å². The largest absolute Gasteiger partial charge is 0.460 e. The van der Waals surface area contributed by atoms with Gasteiger partial charge in [0.05, 0.1) is 18.8 Å². The van der Waals surface area contributed by atoms with Crippen LogP contribution >= 0.6 is 0 Å². The second-order valence-electron chi connectivity index (χ2n) is 3.36. The zero-order valence-electron chi connectivity index (χ0n) is 9.57. The minimum absolute atomic E-state index is 0.0810. The molecule has 0 fully saturated rings. The van der Waals surface area contributed by atoms with Crippen LogP contribution in [-0.2, 0) is 18.3 Å². The summed E-state index contributed by atoms with van der Waals surface area (Å²) in [6.07, 6.45) is 1.81. The molecule has 0 spiro atoms.